The van der Waals surface area contributed by atoms with E-state index in [4.69, 9.17) is 0 Å². The summed E-state index contributed by atoms with van der Waals surface area (Å²) in [4.78, 5) is 12.3. The Labute approximate surface area is 120 Å². The summed E-state index contributed by atoms with van der Waals surface area (Å²) in [5, 5.41) is 13.9. The highest BCUT2D eigenvalue weighted by molar-refractivity contribution is 5.81. The molecule has 0 radical (unpaired) electrons. The molecule has 0 aliphatic heterocycles. The molecule has 0 spiro atoms. The molecule has 6 nitrogen and oxygen atoms in total. The van der Waals surface area contributed by atoms with E-state index in [9.17, 15) is 27.7 Å². The van der Waals surface area contributed by atoms with Crippen LogP contribution in [0, 0.1) is 33.6 Å². The van der Waals surface area contributed by atoms with Crippen LogP contribution in [-0.2, 0) is 0 Å². The van der Waals surface area contributed by atoms with Gasteiger partial charge in [0.1, 0.15) is 5.69 Å². The van der Waals surface area contributed by atoms with Crippen molar-refractivity contribution in [1.82, 2.24) is 4.98 Å². The minimum absolute atomic E-state index is 0.220. The first-order chi connectivity index (χ1) is 10.4. The SMILES string of the molecule is O=[N+]([O-])c1cccc(/C=N\Nc2c(F)c(F)nc(F)c2F)c1. The first kappa shape index (κ1) is 15.4. The van der Waals surface area contributed by atoms with Crippen molar-refractivity contribution in [2.75, 3.05) is 5.43 Å². The number of halogens is 4. The van der Waals surface area contributed by atoms with Crippen molar-refractivity contribution < 1.29 is 22.5 Å². The number of hydrogen-bond acceptors (Lipinski definition) is 5. The second kappa shape index (κ2) is 6.16. The predicted molar refractivity (Wildman–Crippen MR) is 68.4 cm³/mol. The van der Waals surface area contributed by atoms with Crippen LogP contribution in [0.2, 0.25) is 0 Å². The molecule has 1 N–H and O–H groups in total. The van der Waals surface area contributed by atoms with Gasteiger partial charge in [0.15, 0.2) is 0 Å². The number of hydrogen-bond donors (Lipinski definition) is 1. The zero-order valence-electron chi connectivity index (χ0n) is 10.6. The second-order valence-electron chi connectivity index (χ2n) is 3.92. The summed E-state index contributed by atoms with van der Waals surface area (Å²) < 4.78 is 52.2. The number of nitro benzene ring substituents is 1. The lowest BCUT2D eigenvalue weighted by molar-refractivity contribution is -0.384. The van der Waals surface area contributed by atoms with Gasteiger partial charge >= 0.3 is 0 Å². The Hall–Kier alpha value is -3.04. The van der Waals surface area contributed by atoms with Crippen molar-refractivity contribution in [3.8, 4) is 0 Å². The van der Waals surface area contributed by atoms with Gasteiger partial charge in [0, 0.05) is 17.7 Å². The number of benzene rings is 1. The molecule has 114 valence electrons. The van der Waals surface area contributed by atoms with Crippen LogP contribution in [-0.4, -0.2) is 16.1 Å². The molecular formula is C12H6F4N4O2. The van der Waals surface area contributed by atoms with Gasteiger partial charge in [0.05, 0.1) is 11.1 Å². The first-order valence-electron chi connectivity index (χ1n) is 5.63. The van der Waals surface area contributed by atoms with Crippen LogP contribution in [0.5, 0.6) is 0 Å². The fourth-order valence-corrected chi connectivity index (χ4v) is 1.48. The van der Waals surface area contributed by atoms with Gasteiger partial charge in [-0.25, -0.2) is 0 Å². The molecule has 0 bridgehead atoms. The average Bonchev–Trinajstić information content (AvgIpc) is 2.49. The molecule has 10 heteroatoms. The zero-order chi connectivity index (χ0) is 16.3. The molecule has 0 atom stereocenters. The molecule has 0 aliphatic carbocycles. The quantitative estimate of drug-likeness (QED) is 0.309. The smallest absolute Gasteiger partial charge is 0.270 e. The van der Waals surface area contributed by atoms with Gasteiger partial charge in [-0.1, -0.05) is 12.1 Å². The molecule has 0 aliphatic rings. The third-order valence-electron chi connectivity index (χ3n) is 2.47. The molecule has 0 fully saturated rings. The van der Waals surface area contributed by atoms with Crippen LogP contribution in [0.25, 0.3) is 0 Å². The van der Waals surface area contributed by atoms with E-state index in [2.05, 4.69) is 10.1 Å². The van der Waals surface area contributed by atoms with Gasteiger partial charge in [0.2, 0.25) is 11.6 Å². The molecule has 2 aromatic rings. The Kier molecular flexibility index (Phi) is 4.30. The summed E-state index contributed by atoms with van der Waals surface area (Å²) in [6, 6.07) is 5.17. The van der Waals surface area contributed by atoms with Crippen LogP contribution in [0.15, 0.2) is 29.4 Å². The number of pyridine rings is 1. The highest BCUT2D eigenvalue weighted by atomic mass is 19.2. The molecule has 0 amide bonds. The van der Waals surface area contributed by atoms with Crippen LogP contribution >= 0.6 is 0 Å². The third kappa shape index (κ3) is 3.16. The summed E-state index contributed by atoms with van der Waals surface area (Å²) in [5.74, 6) is -7.14. The number of nitrogens with zero attached hydrogens (tertiary/aromatic N) is 3. The van der Waals surface area contributed by atoms with Gasteiger partial charge in [-0.3, -0.25) is 15.5 Å². The molecular weight excluding hydrogens is 308 g/mol. The second-order valence-corrected chi connectivity index (χ2v) is 3.92. The normalized spacial score (nSPS) is 10.9. The van der Waals surface area contributed by atoms with Crippen molar-refractivity contribution in [3.63, 3.8) is 0 Å². The zero-order valence-corrected chi connectivity index (χ0v) is 10.6. The van der Waals surface area contributed by atoms with Crippen LogP contribution in [0.1, 0.15) is 5.56 Å². The summed E-state index contributed by atoms with van der Waals surface area (Å²) in [5.41, 5.74) is 0.643. The van der Waals surface area contributed by atoms with Crippen molar-refractivity contribution in [3.05, 3.63) is 63.5 Å². The average molecular weight is 314 g/mol. The van der Waals surface area contributed by atoms with E-state index in [1.807, 2.05) is 0 Å². The number of nitro groups is 1. The Morgan fingerprint density at radius 1 is 1.18 bits per heavy atom. The minimum Gasteiger partial charge on any atom is -0.272 e. The third-order valence-corrected chi connectivity index (χ3v) is 2.47. The summed E-state index contributed by atoms with van der Waals surface area (Å²) in [6.07, 6.45) is 0.988. The number of hydrazone groups is 1. The molecule has 2 rings (SSSR count). The topological polar surface area (TPSA) is 80.4 Å². The van der Waals surface area contributed by atoms with Crippen LogP contribution in [0.3, 0.4) is 0 Å². The number of nitrogens with one attached hydrogen (secondary N) is 1. The number of aromatic nitrogens is 1. The van der Waals surface area contributed by atoms with E-state index in [1.54, 1.807) is 5.43 Å². The standard InChI is InChI=1S/C12H6F4N4O2/c13-8-10(9(14)12(16)18-11(8)15)19-17-5-6-2-1-3-7(4-6)20(21)22/h1-5H,(H,18,19)/b17-5-. The van der Waals surface area contributed by atoms with Crippen molar-refractivity contribution in [2.24, 2.45) is 5.10 Å². The van der Waals surface area contributed by atoms with Crippen molar-refractivity contribution in [1.29, 1.82) is 0 Å². The van der Waals surface area contributed by atoms with E-state index in [1.165, 1.54) is 18.2 Å². The summed E-state index contributed by atoms with van der Waals surface area (Å²) in [7, 11) is 0. The lowest BCUT2D eigenvalue weighted by Gasteiger charge is -2.04. The van der Waals surface area contributed by atoms with Gasteiger partial charge in [0.25, 0.3) is 17.6 Å². The Morgan fingerprint density at radius 3 is 2.41 bits per heavy atom. The number of anilines is 1. The Balaban J connectivity index is 2.23. The van der Waals surface area contributed by atoms with E-state index < -0.39 is 34.1 Å². The maximum Gasteiger partial charge on any atom is 0.270 e. The fraction of sp³-hybridized carbons (Fsp3) is 0. The maximum atomic E-state index is 13.3. The number of non-ortho nitro benzene ring substituents is 1. The molecule has 22 heavy (non-hydrogen) atoms. The Bertz CT molecular complexity index is 741. The van der Waals surface area contributed by atoms with Gasteiger partial charge < -0.3 is 0 Å². The molecule has 1 aromatic heterocycles. The highest BCUT2D eigenvalue weighted by Crippen LogP contribution is 2.21. The summed E-state index contributed by atoms with van der Waals surface area (Å²) >= 11 is 0. The van der Waals surface area contributed by atoms with Crippen molar-refractivity contribution >= 4 is 17.6 Å². The fourth-order valence-electron chi connectivity index (χ4n) is 1.48. The summed E-state index contributed by atoms with van der Waals surface area (Å²) in [6.45, 7) is 0. The van der Waals surface area contributed by atoms with E-state index >= 15 is 0 Å². The van der Waals surface area contributed by atoms with Gasteiger partial charge in [-0.05, 0) is 0 Å². The van der Waals surface area contributed by atoms with Crippen LogP contribution < -0.4 is 5.43 Å². The predicted octanol–water partition coefficient (Wildman–Crippen LogP) is 2.99. The van der Waals surface area contributed by atoms with Crippen LogP contribution in [0.4, 0.5) is 28.9 Å². The molecule has 1 heterocycles. The lowest BCUT2D eigenvalue weighted by atomic mass is 10.2. The van der Waals surface area contributed by atoms with E-state index in [0.717, 1.165) is 12.3 Å². The van der Waals surface area contributed by atoms with E-state index in [-0.39, 0.29) is 11.3 Å². The molecule has 0 unspecified atom stereocenters. The highest BCUT2D eigenvalue weighted by Gasteiger charge is 2.20. The monoisotopic (exact) mass is 314 g/mol. The molecule has 0 saturated carbocycles. The minimum atomic E-state index is -1.83. The number of rotatable bonds is 4. The van der Waals surface area contributed by atoms with Crippen molar-refractivity contribution in [2.45, 2.75) is 0 Å². The van der Waals surface area contributed by atoms with E-state index in [0.29, 0.717) is 0 Å². The lowest BCUT2D eigenvalue weighted by Crippen LogP contribution is -2.05. The first-order valence-corrected chi connectivity index (χ1v) is 5.63. The maximum absolute atomic E-state index is 13.3. The van der Waals surface area contributed by atoms with Gasteiger partial charge in [-0.2, -0.15) is 27.6 Å². The Morgan fingerprint density at radius 2 is 1.82 bits per heavy atom. The van der Waals surface area contributed by atoms with Gasteiger partial charge in [-0.15, -0.1) is 0 Å². The molecule has 0 saturated heterocycles. The largest absolute Gasteiger partial charge is 0.272 e. The molecule has 1 aromatic carbocycles.